The lowest BCUT2D eigenvalue weighted by atomic mass is 10.2. The highest BCUT2D eigenvalue weighted by molar-refractivity contribution is 7.91. The number of hydrogen-bond acceptors (Lipinski definition) is 3. The lowest BCUT2D eigenvalue weighted by molar-refractivity contribution is 0.589. The Labute approximate surface area is 110 Å². The third-order valence-corrected chi connectivity index (χ3v) is 4.72. The van der Waals surface area contributed by atoms with E-state index in [4.69, 9.17) is 5.26 Å². The number of hydrogen-bond donors (Lipinski definition) is 0. The fourth-order valence-electron chi connectivity index (χ4n) is 1.81. The molecule has 19 heavy (non-hydrogen) atoms. The fraction of sp³-hybridized carbons (Fsp3) is 0.0714. The van der Waals surface area contributed by atoms with E-state index in [0.29, 0.717) is 5.56 Å². The van der Waals surface area contributed by atoms with Crippen LogP contribution in [0.4, 0.5) is 4.39 Å². The number of aryl methyl sites for hydroxylation is 1. The van der Waals surface area contributed by atoms with Gasteiger partial charge in [-0.2, -0.15) is 5.26 Å². The largest absolute Gasteiger partial charge is 0.218 e. The molecule has 0 bridgehead atoms. The van der Waals surface area contributed by atoms with Gasteiger partial charge in [0.15, 0.2) is 0 Å². The van der Waals surface area contributed by atoms with Crippen LogP contribution in [0.2, 0.25) is 0 Å². The average Bonchev–Trinajstić information content (AvgIpc) is 2.38. The molecule has 2 aromatic rings. The van der Waals surface area contributed by atoms with Gasteiger partial charge in [0.25, 0.3) is 0 Å². The molecule has 5 heteroatoms. The Balaban J connectivity index is 2.76. The van der Waals surface area contributed by atoms with Crippen LogP contribution in [0.3, 0.4) is 0 Å². The monoisotopic (exact) mass is 275 g/mol. The maximum Gasteiger partial charge on any atom is 0.208 e. The molecule has 0 aliphatic heterocycles. The van der Waals surface area contributed by atoms with Gasteiger partial charge in [0.05, 0.1) is 9.79 Å². The molecule has 0 aromatic heterocycles. The van der Waals surface area contributed by atoms with Crippen LogP contribution in [0, 0.1) is 24.1 Å². The Hall–Kier alpha value is -2.19. The summed E-state index contributed by atoms with van der Waals surface area (Å²) >= 11 is 0. The van der Waals surface area contributed by atoms with Crippen molar-refractivity contribution in [3.63, 3.8) is 0 Å². The van der Waals surface area contributed by atoms with Crippen LogP contribution in [-0.4, -0.2) is 8.42 Å². The molecule has 0 spiro atoms. The van der Waals surface area contributed by atoms with Crippen LogP contribution in [0.15, 0.2) is 52.3 Å². The van der Waals surface area contributed by atoms with Crippen molar-refractivity contribution in [2.75, 3.05) is 0 Å². The van der Waals surface area contributed by atoms with Crippen molar-refractivity contribution in [1.29, 1.82) is 5.26 Å². The summed E-state index contributed by atoms with van der Waals surface area (Å²) in [4.78, 5) is -0.221. The molecule has 0 atom stereocenters. The van der Waals surface area contributed by atoms with Gasteiger partial charge in [0.1, 0.15) is 17.4 Å². The molecule has 0 N–H and O–H groups in total. The summed E-state index contributed by atoms with van der Waals surface area (Å²) in [5, 5.41) is 8.92. The fourth-order valence-corrected chi connectivity index (χ4v) is 3.47. The third-order valence-electron chi connectivity index (χ3n) is 2.76. The first-order chi connectivity index (χ1) is 8.98. The lowest BCUT2D eigenvalue weighted by Crippen LogP contribution is -2.07. The summed E-state index contributed by atoms with van der Waals surface area (Å²) < 4.78 is 38.4. The topological polar surface area (TPSA) is 57.9 Å². The van der Waals surface area contributed by atoms with E-state index in [1.54, 1.807) is 31.2 Å². The van der Waals surface area contributed by atoms with Gasteiger partial charge in [-0.15, -0.1) is 0 Å². The molecule has 0 aliphatic rings. The molecule has 0 fully saturated rings. The number of halogens is 1. The van der Waals surface area contributed by atoms with Crippen molar-refractivity contribution in [3.8, 4) is 6.07 Å². The van der Waals surface area contributed by atoms with Crippen LogP contribution in [0.25, 0.3) is 0 Å². The van der Waals surface area contributed by atoms with Gasteiger partial charge in [-0.25, -0.2) is 12.8 Å². The number of nitrogens with zero attached hydrogens (tertiary/aromatic N) is 1. The van der Waals surface area contributed by atoms with E-state index in [1.165, 1.54) is 18.2 Å². The van der Waals surface area contributed by atoms with Gasteiger partial charge in [-0.1, -0.05) is 24.3 Å². The zero-order valence-electron chi connectivity index (χ0n) is 10.1. The Kier molecular flexibility index (Phi) is 3.36. The van der Waals surface area contributed by atoms with E-state index >= 15 is 0 Å². The molecule has 0 unspecified atom stereocenters. The van der Waals surface area contributed by atoms with Crippen LogP contribution in [-0.2, 0) is 9.84 Å². The molecule has 2 aromatic carbocycles. The third kappa shape index (κ3) is 2.23. The smallest absolute Gasteiger partial charge is 0.208 e. The number of sulfone groups is 1. The Bertz CT molecular complexity index is 776. The Morgan fingerprint density at radius 2 is 1.68 bits per heavy atom. The molecule has 0 radical (unpaired) electrons. The molecule has 0 amide bonds. The van der Waals surface area contributed by atoms with E-state index in [2.05, 4.69) is 0 Å². The second kappa shape index (κ2) is 4.82. The van der Waals surface area contributed by atoms with E-state index in [1.807, 2.05) is 0 Å². The summed E-state index contributed by atoms with van der Waals surface area (Å²) in [6, 6.07) is 11.6. The zero-order valence-corrected chi connectivity index (χ0v) is 10.9. The highest BCUT2D eigenvalue weighted by Crippen LogP contribution is 2.27. The van der Waals surface area contributed by atoms with Gasteiger partial charge in [0.2, 0.25) is 9.84 Å². The minimum atomic E-state index is -3.90. The SMILES string of the molecule is Cc1ccccc1S(=O)(=O)c1cccc(F)c1C#N. The Morgan fingerprint density at radius 1 is 1.05 bits per heavy atom. The van der Waals surface area contributed by atoms with Gasteiger partial charge >= 0.3 is 0 Å². The van der Waals surface area contributed by atoms with Gasteiger partial charge < -0.3 is 0 Å². The average molecular weight is 275 g/mol. The van der Waals surface area contributed by atoms with E-state index < -0.39 is 21.2 Å². The first-order valence-electron chi connectivity index (χ1n) is 5.48. The summed E-state index contributed by atoms with van der Waals surface area (Å²) in [7, 11) is -3.90. The van der Waals surface area contributed by atoms with Crippen molar-refractivity contribution >= 4 is 9.84 Å². The molecule has 0 aliphatic carbocycles. The van der Waals surface area contributed by atoms with Crippen LogP contribution in [0.5, 0.6) is 0 Å². The molecule has 2 rings (SSSR count). The van der Waals surface area contributed by atoms with Gasteiger partial charge in [-0.05, 0) is 30.7 Å². The highest BCUT2D eigenvalue weighted by Gasteiger charge is 2.24. The second-order valence-corrected chi connectivity index (χ2v) is 5.88. The van der Waals surface area contributed by atoms with Gasteiger partial charge in [-0.3, -0.25) is 0 Å². The Morgan fingerprint density at radius 3 is 2.32 bits per heavy atom. The summed E-state index contributed by atoms with van der Waals surface area (Å²) in [5.41, 5.74) is 0.0985. The maximum absolute atomic E-state index is 13.5. The summed E-state index contributed by atoms with van der Waals surface area (Å²) in [6.07, 6.45) is 0. The highest BCUT2D eigenvalue weighted by atomic mass is 32.2. The number of rotatable bonds is 2. The molecular weight excluding hydrogens is 265 g/mol. The minimum absolute atomic E-state index is 0.0806. The van der Waals surface area contributed by atoms with Crippen molar-refractivity contribution < 1.29 is 12.8 Å². The molecular formula is C14H10FNO2S. The lowest BCUT2D eigenvalue weighted by Gasteiger charge is -2.09. The first-order valence-corrected chi connectivity index (χ1v) is 6.96. The molecule has 0 saturated heterocycles. The van der Waals surface area contributed by atoms with Crippen LogP contribution >= 0.6 is 0 Å². The second-order valence-electron chi connectivity index (χ2n) is 3.99. The van der Waals surface area contributed by atoms with E-state index in [-0.39, 0.29) is 9.79 Å². The first kappa shape index (κ1) is 13.2. The molecule has 0 saturated carbocycles. The normalized spacial score (nSPS) is 11.0. The van der Waals surface area contributed by atoms with Crippen molar-refractivity contribution in [2.24, 2.45) is 0 Å². The van der Waals surface area contributed by atoms with Crippen molar-refractivity contribution in [1.82, 2.24) is 0 Å². The molecule has 0 heterocycles. The summed E-state index contributed by atoms with van der Waals surface area (Å²) in [5.74, 6) is -0.836. The van der Waals surface area contributed by atoms with Crippen LogP contribution in [0.1, 0.15) is 11.1 Å². The number of benzene rings is 2. The standard InChI is InChI=1S/C14H10FNO2S/c1-10-5-2-3-7-13(10)19(17,18)14-8-4-6-12(15)11(14)9-16/h2-8H,1H3. The molecule has 3 nitrogen and oxygen atoms in total. The summed E-state index contributed by atoms with van der Waals surface area (Å²) in [6.45, 7) is 1.65. The predicted molar refractivity (Wildman–Crippen MR) is 67.7 cm³/mol. The van der Waals surface area contributed by atoms with Crippen LogP contribution < -0.4 is 0 Å². The van der Waals surface area contributed by atoms with Gasteiger partial charge in [0, 0.05) is 0 Å². The van der Waals surface area contributed by atoms with E-state index in [0.717, 1.165) is 6.07 Å². The predicted octanol–water partition coefficient (Wildman–Crippen LogP) is 2.84. The number of nitriles is 1. The van der Waals surface area contributed by atoms with Crippen molar-refractivity contribution in [2.45, 2.75) is 16.7 Å². The quantitative estimate of drug-likeness (QED) is 0.846. The van der Waals surface area contributed by atoms with Crippen molar-refractivity contribution in [3.05, 3.63) is 59.4 Å². The van der Waals surface area contributed by atoms with E-state index in [9.17, 15) is 12.8 Å². The minimum Gasteiger partial charge on any atom is -0.218 e. The maximum atomic E-state index is 13.5. The zero-order chi connectivity index (χ0) is 14.0. The molecule has 96 valence electrons.